The van der Waals surface area contributed by atoms with Crippen molar-refractivity contribution >= 4 is 12.2 Å². The Morgan fingerprint density at radius 2 is 1.45 bits per heavy atom. The summed E-state index contributed by atoms with van der Waals surface area (Å²) in [6.07, 6.45) is 28.3. The second-order valence-corrected chi connectivity index (χ2v) is 8.88. The predicted octanol–water partition coefficient (Wildman–Crippen LogP) is 3.65. The van der Waals surface area contributed by atoms with Crippen molar-refractivity contribution in [2.45, 2.75) is 95.7 Å². The number of unbranched alkanes of at least 4 members (excludes halogenated alkanes) is 2. The maximum atomic E-state index is 11.4. The van der Waals surface area contributed by atoms with Gasteiger partial charge in [0.05, 0.1) is 18.8 Å². The molecule has 0 aliphatic carbocycles. The highest BCUT2D eigenvalue weighted by Crippen LogP contribution is 2.18. The fourth-order valence-corrected chi connectivity index (χ4v) is 3.39. The van der Waals surface area contributed by atoms with Crippen molar-refractivity contribution in [1.82, 2.24) is 10.6 Å². The Labute approximate surface area is 229 Å². The minimum Gasteiger partial charge on any atom is -0.394 e. The molecule has 1 fully saturated rings. The van der Waals surface area contributed by atoms with Crippen LogP contribution in [-0.4, -0.2) is 72.3 Å². The topological polar surface area (TPSA) is 128 Å². The van der Waals surface area contributed by atoms with Gasteiger partial charge in [0.2, 0.25) is 5.91 Å². The second-order valence-electron chi connectivity index (χ2n) is 8.88. The number of aliphatic hydroxyl groups is 3. The highest BCUT2D eigenvalue weighted by Gasteiger charge is 2.36. The quantitative estimate of drug-likeness (QED) is 0.103. The highest BCUT2D eigenvalue weighted by molar-refractivity contribution is 5.76. The molecule has 1 aliphatic heterocycles. The average Bonchev–Trinajstić information content (AvgIpc) is 2.91. The number of carbonyl (C=O) groups is 2. The van der Waals surface area contributed by atoms with Gasteiger partial charge in [-0.15, -0.1) is 0 Å². The maximum Gasteiger partial charge on any atom is 0.221 e. The maximum absolute atomic E-state index is 11.4. The molecule has 1 amide bonds. The summed E-state index contributed by atoms with van der Waals surface area (Å²) < 4.78 is 4.99. The summed E-state index contributed by atoms with van der Waals surface area (Å²) >= 11 is 0. The SMILES string of the molecule is CC/C=C\C/C=C\C/C=C\C/C=C\C/C=C\CCCC=O.CNCCC(=O)N[C@H]1CC(O)C(CO)OC1O. The van der Waals surface area contributed by atoms with Gasteiger partial charge in [-0.3, -0.25) is 4.79 Å². The number of aliphatic hydroxyl groups excluding tert-OH is 3. The van der Waals surface area contributed by atoms with Gasteiger partial charge in [-0.05, 0) is 52.0 Å². The number of nitrogens with one attached hydrogen (secondary N) is 2. The van der Waals surface area contributed by atoms with Crippen LogP contribution in [0.15, 0.2) is 60.8 Å². The molecule has 0 aromatic rings. The van der Waals surface area contributed by atoms with E-state index < -0.39 is 24.5 Å². The lowest BCUT2D eigenvalue weighted by Crippen LogP contribution is -2.55. The van der Waals surface area contributed by atoms with E-state index in [1.807, 2.05) is 0 Å². The molecule has 1 rings (SSSR count). The Morgan fingerprint density at radius 1 is 0.895 bits per heavy atom. The third-order valence-corrected chi connectivity index (χ3v) is 5.56. The lowest BCUT2D eigenvalue weighted by molar-refractivity contribution is -0.221. The summed E-state index contributed by atoms with van der Waals surface area (Å²) in [5.74, 6) is -0.221. The molecular weight excluding hydrogens is 484 g/mol. The van der Waals surface area contributed by atoms with Gasteiger partial charge in [-0.1, -0.05) is 67.7 Å². The number of allylic oxidation sites excluding steroid dienone is 10. The van der Waals surface area contributed by atoms with Crippen molar-refractivity contribution in [3.8, 4) is 0 Å². The van der Waals surface area contributed by atoms with Crippen LogP contribution in [0.25, 0.3) is 0 Å². The fraction of sp³-hybridized carbons (Fsp3) is 0.600. The molecule has 0 aromatic heterocycles. The van der Waals surface area contributed by atoms with Crippen LogP contribution in [0, 0.1) is 0 Å². The van der Waals surface area contributed by atoms with Gasteiger partial charge in [0.15, 0.2) is 6.29 Å². The molecule has 38 heavy (non-hydrogen) atoms. The van der Waals surface area contributed by atoms with Crippen LogP contribution >= 0.6 is 0 Å². The summed E-state index contributed by atoms with van der Waals surface area (Å²) in [6, 6.07) is -0.642. The van der Waals surface area contributed by atoms with E-state index in [9.17, 15) is 19.8 Å². The van der Waals surface area contributed by atoms with Crippen molar-refractivity contribution in [3.05, 3.63) is 60.8 Å². The number of ether oxygens (including phenoxy) is 1. The Balaban J connectivity index is 0.000000735. The summed E-state index contributed by atoms with van der Waals surface area (Å²) in [4.78, 5) is 21.5. The third-order valence-electron chi connectivity index (χ3n) is 5.56. The van der Waals surface area contributed by atoms with E-state index >= 15 is 0 Å². The van der Waals surface area contributed by atoms with Gasteiger partial charge in [-0.2, -0.15) is 0 Å². The lowest BCUT2D eigenvalue weighted by atomic mass is 10.0. The normalized spacial score (nSPS) is 22.0. The van der Waals surface area contributed by atoms with Crippen molar-refractivity contribution < 1.29 is 29.6 Å². The molecule has 5 N–H and O–H groups in total. The standard InChI is InChI=1S/C20H30O.C10H20N2O5/c1-2-3-4-5-6-7-8-9-10-11-12-13-14-15-16-17-18-19-20-21;1-11-3-2-9(15)12-6-4-7(14)8(5-13)17-10(6)16/h3-4,6-7,9-10,12-13,15-16,20H,2,5,8,11,14,17-19H2,1H3;6-8,10-11,13-14,16H,2-5H2,1H3,(H,12,15)/b4-3-,7-6-,10-9-,13-12-,16-15-;/t;6-,7?,8?,10?/m.0/s1. The van der Waals surface area contributed by atoms with Crippen LogP contribution in [0.5, 0.6) is 0 Å². The predicted molar refractivity (Wildman–Crippen MR) is 153 cm³/mol. The van der Waals surface area contributed by atoms with Gasteiger partial charge in [-0.25, -0.2) is 0 Å². The molecule has 3 unspecified atom stereocenters. The Hall–Kier alpha value is -2.36. The second kappa shape index (κ2) is 26.3. The van der Waals surface area contributed by atoms with Crippen LogP contribution in [-0.2, 0) is 14.3 Å². The van der Waals surface area contributed by atoms with Gasteiger partial charge in [0.1, 0.15) is 12.4 Å². The smallest absolute Gasteiger partial charge is 0.221 e. The molecular formula is C30H50N2O6. The Bertz CT molecular complexity index is 732. The van der Waals surface area contributed by atoms with Gasteiger partial charge in [0, 0.05) is 25.8 Å². The average molecular weight is 535 g/mol. The molecule has 1 saturated heterocycles. The molecule has 1 aliphatic rings. The number of hydrogen-bond acceptors (Lipinski definition) is 7. The molecule has 0 spiro atoms. The van der Waals surface area contributed by atoms with Crippen LogP contribution in [0.1, 0.15) is 71.1 Å². The first-order chi connectivity index (χ1) is 18.5. The first-order valence-electron chi connectivity index (χ1n) is 13.7. The third kappa shape index (κ3) is 20.7. The summed E-state index contributed by atoms with van der Waals surface area (Å²) in [5.41, 5.74) is 0. The van der Waals surface area contributed by atoms with E-state index in [0.29, 0.717) is 19.4 Å². The molecule has 0 aromatic carbocycles. The number of amides is 1. The highest BCUT2D eigenvalue weighted by atomic mass is 16.6. The number of rotatable bonds is 18. The molecule has 0 saturated carbocycles. The van der Waals surface area contributed by atoms with E-state index in [2.05, 4.69) is 78.3 Å². The summed E-state index contributed by atoms with van der Waals surface area (Å²) in [5, 5.41) is 33.5. The zero-order chi connectivity index (χ0) is 28.3. The van der Waals surface area contributed by atoms with Gasteiger partial charge in [0.25, 0.3) is 0 Å². The van der Waals surface area contributed by atoms with Crippen LogP contribution in [0.4, 0.5) is 0 Å². The first kappa shape index (κ1) is 35.6. The largest absolute Gasteiger partial charge is 0.394 e. The molecule has 1 heterocycles. The molecule has 0 radical (unpaired) electrons. The van der Waals surface area contributed by atoms with Crippen LogP contribution in [0.2, 0.25) is 0 Å². The van der Waals surface area contributed by atoms with Crippen molar-refractivity contribution in [3.63, 3.8) is 0 Å². The van der Waals surface area contributed by atoms with Crippen molar-refractivity contribution in [2.24, 2.45) is 0 Å². The molecule has 4 atom stereocenters. The number of aldehydes is 1. The van der Waals surface area contributed by atoms with Gasteiger partial charge < -0.3 is 35.5 Å². The monoisotopic (exact) mass is 534 g/mol. The zero-order valence-corrected chi connectivity index (χ0v) is 23.2. The zero-order valence-electron chi connectivity index (χ0n) is 23.2. The van der Waals surface area contributed by atoms with Crippen LogP contribution < -0.4 is 10.6 Å². The molecule has 8 nitrogen and oxygen atoms in total. The van der Waals surface area contributed by atoms with Crippen molar-refractivity contribution in [1.29, 1.82) is 0 Å². The number of hydrogen-bond donors (Lipinski definition) is 5. The lowest BCUT2D eigenvalue weighted by Gasteiger charge is -2.36. The van der Waals surface area contributed by atoms with Crippen LogP contribution in [0.3, 0.4) is 0 Å². The Morgan fingerprint density at radius 3 is 1.95 bits per heavy atom. The molecule has 0 bridgehead atoms. The van der Waals surface area contributed by atoms with E-state index in [1.54, 1.807) is 7.05 Å². The van der Waals surface area contributed by atoms with E-state index in [1.165, 1.54) is 0 Å². The minimum absolute atomic E-state index is 0.164. The first-order valence-corrected chi connectivity index (χ1v) is 13.7. The molecule has 216 valence electrons. The van der Waals surface area contributed by atoms with Gasteiger partial charge >= 0.3 is 0 Å². The Kier molecular flexibility index (Phi) is 24.6. The molecule has 8 heteroatoms. The number of carbonyl (C=O) groups excluding carboxylic acids is 2. The minimum atomic E-state index is -1.20. The van der Waals surface area contributed by atoms with E-state index in [4.69, 9.17) is 9.84 Å². The summed E-state index contributed by atoms with van der Waals surface area (Å²) in [7, 11) is 1.74. The fourth-order valence-electron chi connectivity index (χ4n) is 3.39. The van der Waals surface area contributed by atoms with E-state index in [-0.39, 0.29) is 18.9 Å². The van der Waals surface area contributed by atoms with Crippen molar-refractivity contribution in [2.75, 3.05) is 20.2 Å². The van der Waals surface area contributed by atoms with E-state index in [0.717, 1.165) is 51.2 Å². The summed E-state index contributed by atoms with van der Waals surface area (Å²) in [6.45, 7) is 2.33.